The van der Waals surface area contributed by atoms with Gasteiger partial charge in [-0.3, -0.25) is 0 Å². The summed E-state index contributed by atoms with van der Waals surface area (Å²) in [6, 6.07) is 11.0. The van der Waals surface area contributed by atoms with Gasteiger partial charge in [0.05, 0.1) is 0 Å². The summed E-state index contributed by atoms with van der Waals surface area (Å²) < 4.78 is 0. The maximum Gasteiger partial charge on any atom is -0.00141 e. The lowest BCUT2D eigenvalue weighted by Gasteiger charge is -2.18. The average Bonchev–Trinajstić information content (AvgIpc) is 2.94. The number of nitrogens with one attached hydrogen (secondary N) is 1. The molecule has 1 unspecified atom stereocenters. The maximum atomic E-state index is 3.59. The molecule has 0 amide bonds. The third kappa shape index (κ3) is 4.77. The van der Waals surface area contributed by atoms with Crippen LogP contribution in [0.5, 0.6) is 0 Å². The van der Waals surface area contributed by atoms with Gasteiger partial charge in [0.25, 0.3) is 0 Å². The normalized spacial score (nSPS) is 12.5. The van der Waals surface area contributed by atoms with Crippen LogP contribution in [0.2, 0.25) is 0 Å². The molecule has 20 heavy (non-hydrogen) atoms. The molecule has 0 spiro atoms. The molecule has 2 heteroatoms. The van der Waals surface area contributed by atoms with Gasteiger partial charge in [-0.25, -0.2) is 0 Å². The highest BCUT2D eigenvalue weighted by Crippen LogP contribution is 2.18. The molecule has 1 aromatic carbocycles. The van der Waals surface area contributed by atoms with Crippen LogP contribution in [0.1, 0.15) is 30.0 Å². The summed E-state index contributed by atoms with van der Waals surface area (Å²) >= 11 is 1.80. The minimum Gasteiger partial charge on any atom is -0.316 e. The molecule has 1 aromatic heterocycles. The SMILES string of the molecule is CCCNCC(Cc1ccsc1)Cc1ccccc1C. The fraction of sp³-hybridized carbons (Fsp3) is 0.444. The minimum atomic E-state index is 0.678. The second kappa shape index (κ2) is 8.23. The third-order valence-corrected chi connectivity index (χ3v) is 4.47. The molecule has 2 rings (SSSR count). The van der Waals surface area contributed by atoms with Gasteiger partial charge in [0.1, 0.15) is 0 Å². The van der Waals surface area contributed by atoms with Crippen LogP contribution in [0.4, 0.5) is 0 Å². The summed E-state index contributed by atoms with van der Waals surface area (Å²) in [7, 11) is 0. The molecule has 2 aromatic rings. The number of benzene rings is 1. The Kier molecular flexibility index (Phi) is 6.28. The molecule has 0 aliphatic heterocycles. The quantitative estimate of drug-likeness (QED) is 0.707. The standard InChI is InChI=1S/C18H25NS/c1-3-9-19-13-17(11-16-8-10-20-14-16)12-18-7-5-4-6-15(18)2/h4-8,10,14,17,19H,3,9,11-13H2,1-2H3. The van der Waals surface area contributed by atoms with Gasteiger partial charge in [0.15, 0.2) is 0 Å². The van der Waals surface area contributed by atoms with E-state index in [9.17, 15) is 0 Å². The van der Waals surface area contributed by atoms with Crippen LogP contribution in [-0.2, 0) is 12.8 Å². The number of rotatable bonds is 8. The van der Waals surface area contributed by atoms with Gasteiger partial charge in [-0.15, -0.1) is 0 Å². The highest BCUT2D eigenvalue weighted by atomic mass is 32.1. The second-order valence-electron chi connectivity index (χ2n) is 5.54. The summed E-state index contributed by atoms with van der Waals surface area (Å²) in [4.78, 5) is 0. The van der Waals surface area contributed by atoms with Gasteiger partial charge in [0, 0.05) is 0 Å². The smallest absolute Gasteiger partial charge is 0.00141 e. The van der Waals surface area contributed by atoms with E-state index in [-0.39, 0.29) is 0 Å². The highest BCUT2D eigenvalue weighted by Gasteiger charge is 2.12. The first kappa shape index (κ1) is 15.3. The van der Waals surface area contributed by atoms with Crippen LogP contribution in [0.25, 0.3) is 0 Å². The summed E-state index contributed by atoms with van der Waals surface area (Å²) in [6.07, 6.45) is 3.54. The molecule has 108 valence electrons. The van der Waals surface area contributed by atoms with E-state index in [0.29, 0.717) is 5.92 Å². The van der Waals surface area contributed by atoms with E-state index in [0.717, 1.165) is 13.1 Å². The molecule has 0 fully saturated rings. The molecule has 0 aliphatic rings. The number of hydrogen-bond acceptors (Lipinski definition) is 2. The topological polar surface area (TPSA) is 12.0 Å². The molecule has 1 N–H and O–H groups in total. The largest absolute Gasteiger partial charge is 0.316 e. The predicted molar refractivity (Wildman–Crippen MR) is 89.6 cm³/mol. The summed E-state index contributed by atoms with van der Waals surface area (Å²) in [5.74, 6) is 0.678. The van der Waals surface area contributed by atoms with Crippen LogP contribution >= 0.6 is 11.3 Å². The molecule has 0 aliphatic carbocycles. The Labute approximate surface area is 127 Å². The molecule has 0 saturated carbocycles. The van der Waals surface area contributed by atoms with E-state index in [2.05, 4.69) is 60.3 Å². The van der Waals surface area contributed by atoms with Crippen LogP contribution in [-0.4, -0.2) is 13.1 Å². The van der Waals surface area contributed by atoms with Crippen molar-refractivity contribution in [1.29, 1.82) is 0 Å². The fourth-order valence-corrected chi connectivity index (χ4v) is 3.27. The Morgan fingerprint density at radius 3 is 2.70 bits per heavy atom. The van der Waals surface area contributed by atoms with Crippen molar-refractivity contribution in [2.24, 2.45) is 5.92 Å². The summed E-state index contributed by atoms with van der Waals surface area (Å²) in [5, 5.41) is 8.05. The molecular weight excluding hydrogens is 262 g/mol. The first-order chi connectivity index (χ1) is 9.79. The zero-order chi connectivity index (χ0) is 14.2. The minimum absolute atomic E-state index is 0.678. The summed E-state index contributed by atoms with van der Waals surface area (Å²) in [5.41, 5.74) is 4.39. The molecule has 0 bridgehead atoms. The van der Waals surface area contributed by atoms with E-state index in [1.807, 2.05) is 0 Å². The Bertz CT molecular complexity index is 490. The molecular formula is C18H25NS. The lowest BCUT2D eigenvalue weighted by Crippen LogP contribution is -2.26. The maximum absolute atomic E-state index is 3.59. The van der Waals surface area contributed by atoms with E-state index in [4.69, 9.17) is 0 Å². The molecule has 1 atom stereocenters. The predicted octanol–water partition coefficient (Wildman–Crippen LogP) is 4.46. The van der Waals surface area contributed by atoms with Crippen molar-refractivity contribution in [3.05, 3.63) is 57.8 Å². The number of thiophene rings is 1. The van der Waals surface area contributed by atoms with E-state index in [1.165, 1.54) is 36.0 Å². The molecule has 0 saturated heterocycles. The van der Waals surface area contributed by atoms with Crippen molar-refractivity contribution in [1.82, 2.24) is 5.32 Å². The van der Waals surface area contributed by atoms with E-state index in [1.54, 1.807) is 11.3 Å². The average molecular weight is 287 g/mol. The molecule has 1 heterocycles. The van der Waals surface area contributed by atoms with Gasteiger partial charge in [0.2, 0.25) is 0 Å². The van der Waals surface area contributed by atoms with Crippen molar-refractivity contribution in [3.63, 3.8) is 0 Å². The highest BCUT2D eigenvalue weighted by molar-refractivity contribution is 7.07. The first-order valence-electron chi connectivity index (χ1n) is 7.56. The van der Waals surface area contributed by atoms with Crippen molar-refractivity contribution in [3.8, 4) is 0 Å². The monoisotopic (exact) mass is 287 g/mol. The Balaban J connectivity index is 1.99. The zero-order valence-electron chi connectivity index (χ0n) is 12.6. The van der Waals surface area contributed by atoms with Gasteiger partial charge >= 0.3 is 0 Å². The second-order valence-corrected chi connectivity index (χ2v) is 6.32. The van der Waals surface area contributed by atoms with Gasteiger partial charge in [-0.05, 0) is 78.7 Å². The van der Waals surface area contributed by atoms with Gasteiger partial charge in [-0.2, -0.15) is 11.3 Å². The number of aryl methyl sites for hydroxylation is 1. The molecule has 1 nitrogen and oxygen atoms in total. The summed E-state index contributed by atoms with van der Waals surface area (Å²) in [6.45, 7) is 6.67. The van der Waals surface area contributed by atoms with Gasteiger partial charge < -0.3 is 5.32 Å². The van der Waals surface area contributed by atoms with Crippen LogP contribution in [0.15, 0.2) is 41.1 Å². The van der Waals surface area contributed by atoms with Crippen molar-refractivity contribution >= 4 is 11.3 Å². The van der Waals surface area contributed by atoms with E-state index >= 15 is 0 Å². The Hall–Kier alpha value is -1.12. The Morgan fingerprint density at radius 2 is 2.00 bits per heavy atom. The lowest BCUT2D eigenvalue weighted by atomic mass is 9.91. The Morgan fingerprint density at radius 1 is 1.15 bits per heavy atom. The van der Waals surface area contributed by atoms with Gasteiger partial charge in [-0.1, -0.05) is 31.2 Å². The van der Waals surface area contributed by atoms with Crippen molar-refractivity contribution in [2.75, 3.05) is 13.1 Å². The van der Waals surface area contributed by atoms with Crippen molar-refractivity contribution in [2.45, 2.75) is 33.1 Å². The van der Waals surface area contributed by atoms with Crippen LogP contribution in [0.3, 0.4) is 0 Å². The zero-order valence-corrected chi connectivity index (χ0v) is 13.4. The lowest BCUT2D eigenvalue weighted by molar-refractivity contribution is 0.470. The van der Waals surface area contributed by atoms with Crippen LogP contribution in [0, 0.1) is 12.8 Å². The molecule has 0 radical (unpaired) electrons. The van der Waals surface area contributed by atoms with E-state index < -0.39 is 0 Å². The van der Waals surface area contributed by atoms with Crippen LogP contribution < -0.4 is 5.32 Å². The number of hydrogen-bond donors (Lipinski definition) is 1. The third-order valence-electron chi connectivity index (χ3n) is 3.73. The first-order valence-corrected chi connectivity index (χ1v) is 8.50. The van der Waals surface area contributed by atoms with Crippen molar-refractivity contribution < 1.29 is 0 Å². The fourth-order valence-electron chi connectivity index (χ4n) is 2.59.